The maximum atomic E-state index is 13.4. The first-order chi connectivity index (χ1) is 9.62. The van der Waals surface area contributed by atoms with E-state index in [0.29, 0.717) is 0 Å². The van der Waals surface area contributed by atoms with Gasteiger partial charge >= 0.3 is 0 Å². The molecule has 2 saturated carbocycles. The highest BCUT2D eigenvalue weighted by molar-refractivity contribution is 5.21. The topological polar surface area (TPSA) is 12.0 Å². The molecule has 3 heteroatoms. The molecule has 2 aliphatic carbocycles. The van der Waals surface area contributed by atoms with Crippen LogP contribution in [-0.2, 0) is 6.42 Å². The Kier molecular flexibility index (Phi) is 3.80. The first-order valence-electron chi connectivity index (χ1n) is 7.76. The van der Waals surface area contributed by atoms with E-state index in [4.69, 9.17) is 0 Å². The van der Waals surface area contributed by atoms with Crippen molar-refractivity contribution >= 4 is 0 Å². The largest absolute Gasteiger partial charge is 0.316 e. The summed E-state index contributed by atoms with van der Waals surface area (Å²) in [6, 6.07) is 4.37. The van der Waals surface area contributed by atoms with Gasteiger partial charge in [-0.25, -0.2) is 8.78 Å². The summed E-state index contributed by atoms with van der Waals surface area (Å²) in [6.07, 6.45) is 5.87. The Morgan fingerprint density at radius 3 is 2.60 bits per heavy atom. The van der Waals surface area contributed by atoms with Crippen molar-refractivity contribution in [1.29, 1.82) is 0 Å². The maximum absolute atomic E-state index is 13.4. The standard InChI is InChI=1S/C17H23F2N/c1-2-5-20-11-17(9-13-7-14(13)10-17)8-12-3-4-15(18)16(19)6-12/h3-4,6,13-14,20H,2,5,7-11H2,1H3. The van der Waals surface area contributed by atoms with Gasteiger partial charge in [-0.05, 0) is 73.6 Å². The van der Waals surface area contributed by atoms with E-state index in [1.807, 2.05) is 0 Å². The van der Waals surface area contributed by atoms with Gasteiger partial charge in [-0.1, -0.05) is 13.0 Å². The number of rotatable bonds is 6. The average molecular weight is 279 g/mol. The van der Waals surface area contributed by atoms with Gasteiger partial charge < -0.3 is 5.32 Å². The van der Waals surface area contributed by atoms with Gasteiger partial charge in [0.2, 0.25) is 0 Å². The van der Waals surface area contributed by atoms with Crippen molar-refractivity contribution in [1.82, 2.24) is 5.32 Å². The molecule has 0 bridgehead atoms. The molecule has 2 aliphatic rings. The highest BCUT2D eigenvalue weighted by Crippen LogP contribution is 2.60. The molecule has 3 rings (SSSR count). The molecule has 110 valence electrons. The van der Waals surface area contributed by atoms with Gasteiger partial charge in [-0.2, -0.15) is 0 Å². The quantitative estimate of drug-likeness (QED) is 0.778. The van der Waals surface area contributed by atoms with Gasteiger partial charge in [0.1, 0.15) is 0 Å². The fraction of sp³-hybridized carbons (Fsp3) is 0.647. The second-order valence-electron chi connectivity index (χ2n) is 6.77. The van der Waals surface area contributed by atoms with Crippen LogP contribution in [0.25, 0.3) is 0 Å². The molecule has 1 nitrogen and oxygen atoms in total. The molecule has 2 unspecified atom stereocenters. The molecular formula is C17H23F2N. The van der Waals surface area contributed by atoms with E-state index in [0.717, 1.165) is 43.3 Å². The minimum Gasteiger partial charge on any atom is -0.316 e. The highest BCUT2D eigenvalue weighted by atomic mass is 19.2. The van der Waals surface area contributed by atoms with Crippen LogP contribution in [0.15, 0.2) is 18.2 Å². The molecule has 0 aromatic heterocycles. The Hall–Kier alpha value is -0.960. The van der Waals surface area contributed by atoms with Gasteiger partial charge in [-0.15, -0.1) is 0 Å². The van der Waals surface area contributed by atoms with Gasteiger partial charge in [0.05, 0.1) is 0 Å². The summed E-state index contributed by atoms with van der Waals surface area (Å²) < 4.78 is 26.4. The lowest BCUT2D eigenvalue weighted by Gasteiger charge is -2.31. The Morgan fingerprint density at radius 1 is 1.20 bits per heavy atom. The fourth-order valence-electron chi connectivity index (χ4n) is 3.97. The Bertz CT molecular complexity index is 476. The van der Waals surface area contributed by atoms with E-state index in [-0.39, 0.29) is 5.41 Å². The third-order valence-electron chi connectivity index (χ3n) is 4.95. The minimum absolute atomic E-state index is 0.257. The zero-order valence-corrected chi connectivity index (χ0v) is 12.1. The monoisotopic (exact) mass is 279 g/mol. The van der Waals surface area contributed by atoms with Crippen molar-refractivity contribution in [3.8, 4) is 0 Å². The Morgan fingerprint density at radius 2 is 1.95 bits per heavy atom. The molecule has 20 heavy (non-hydrogen) atoms. The third kappa shape index (κ3) is 2.88. The molecule has 1 N–H and O–H groups in total. The lowest BCUT2D eigenvalue weighted by atomic mass is 9.77. The van der Waals surface area contributed by atoms with Crippen LogP contribution in [0.2, 0.25) is 0 Å². The van der Waals surface area contributed by atoms with Crippen molar-refractivity contribution in [2.45, 2.75) is 39.0 Å². The number of halogens is 2. The van der Waals surface area contributed by atoms with Gasteiger partial charge in [0.25, 0.3) is 0 Å². The second kappa shape index (κ2) is 5.44. The molecule has 0 heterocycles. The number of nitrogens with one attached hydrogen (secondary N) is 1. The summed E-state index contributed by atoms with van der Waals surface area (Å²) in [4.78, 5) is 0. The number of fused-ring (bicyclic) bond motifs is 1. The molecule has 0 radical (unpaired) electrons. The molecule has 0 saturated heterocycles. The fourth-order valence-corrected chi connectivity index (χ4v) is 3.97. The lowest BCUT2D eigenvalue weighted by Crippen LogP contribution is -2.35. The highest BCUT2D eigenvalue weighted by Gasteiger charge is 2.53. The molecular weight excluding hydrogens is 256 g/mol. The summed E-state index contributed by atoms with van der Waals surface area (Å²) in [5.41, 5.74) is 1.19. The van der Waals surface area contributed by atoms with Gasteiger partial charge in [0.15, 0.2) is 11.6 Å². The van der Waals surface area contributed by atoms with E-state index in [2.05, 4.69) is 12.2 Å². The SMILES string of the molecule is CCCNCC1(Cc2ccc(F)c(F)c2)CC2CC2C1. The summed E-state index contributed by atoms with van der Waals surface area (Å²) in [5, 5.41) is 3.54. The lowest BCUT2D eigenvalue weighted by molar-refractivity contribution is 0.248. The van der Waals surface area contributed by atoms with Crippen LogP contribution < -0.4 is 5.32 Å². The first-order valence-corrected chi connectivity index (χ1v) is 7.76. The molecule has 1 aromatic rings. The summed E-state index contributed by atoms with van der Waals surface area (Å²) in [6.45, 7) is 4.21. The van der Waals surface area contributed by atoms with E-state index < -0.39 is 11.6 Å². The molecule has 1 aromatic carbocycles. The van der Waals surface area contributed by atoms with Crippen molar-refractivity contribution < 1.29 is 8.78 Å². The normalized spacial score (nSPS) is 31.4. The van der Waals surface area contributed by atoms with Crippen molar-refractivity contribution in [2.75, 3.05) is 13.1 Å². The van der Waals surface area contributed by atoms with Crippen LogP contribution in [0.4, 0.5) is 8.78 Å². The molecule has 0 aliphatic heterocycles. The van der Waals surface area contributed by atoms with E-state index in [1.54, 1.807) is 6.07 Å². The average Bonchev–Trinajstić information content (AvgIpc) is 3.03. The zero-order chi connectivity index (χ0) is 14.2. The van der Waals surface area contributed by atoms with Crippen LogP contribution in [0.5, 0.6) is 0 Å². The molecule has 2 atom stereocenters. The number of hydrogen-bond acceptors (Lipinski definition) is 1. The van der Waals surface area contributed by atoms with E-state index in [9.17, 15) is 8.78 Å². The van der Waals surface area contributed by atoms with E-state index in [1.165, 1.54) is 31.4 Å². The predicted molar refractivity (Wildman–Crippen MR) is 76.5 cm³/mol. The van der Waals surface area contributed by atoms with Crippen molar-refractivity contribution in [2.24, 2.45) is 17.3 Å². The predicted octanol–water partition coefficient (Wildman–Crippen LogP) is 3.92. The Labute approximate surface area is 119 Å². The van der Waals surface area contributed by atoms with Crippen molar-refractivity contribution in [3.63, 3.8) is 0 Å². The summed E-state index contributed by atoms with van der Waals surface area (Å²) >= 11 is 0. The number of hydrogen-bond donors (Lipinski definition) is 1. The minimum atomic E-state index is -0.749. The zero-order valence-electron chi connectivity index (χ0n) is 12.1. The molecule has 0 spiro atoms. The van der Waals surface area contributed by atoms with Gasteiger partial charge in [-0.3, -0.25) is 0 Å². The Balaban J connectivity index is 1.71. The van der Waals surface area contributed by atoms with Crippen LogP contribution in [0.3, 0.4) is 0 Å². The molecule has 2 fully saturated rings. The summed E-state index contributed by atoms with van der Waals surface area (Å²) in [5.74, 6) is 0.316. The maximum Gasteiger partial charge on any atom is 0.159 e. The van der Waals surface area contributed by atoms with Crippen LogP contribution >= 0.6 is 0 Å². The molecule has 0 amide bonds. The summed E-state index contributed by atoms with van der Waals surface area (Å²) in [7, 11) is 0. The van der Waals surface area contributed by atoms with Crippen molar-refractivity contribution in [3.05, 3.63) is 35.4 Å². The smallest absolute Gasteiger partial charge is 0.159 e. The van der Waals surface area contributed by atoms with Crippen LogP contribution in [0.1, 0.15) is 38.2 Å². The van der Waals surface area contributed by atoms with Crippen LogP contribution in [-0.4, -0.2) is 13.1 Å². The second-order valence-corrected chi connectivity index (χ2v) is 6.77. The van der Waals surface area contributed by atoms with Crippen LogP contribution in [0, 0.1) is 28.9 Å². The van der Waals surface area contributed by atoms with E-state index >= 15 is 0 Å². The first kappa shape index (κ1) is 14.0. The third-order valence-corrected chi connectivity index (χ3v) is 4.95. The van der Waals surface area contributed by atoms with Gasteiger partial charge in [0, 0.05) is 6.54 Å². The number of benzene rings is 1.